The van der Waals surface area contributed by atoms with Crippen LogP contribution >= 0.6 is 0 Å². The molecule has 0 saturated carbocycles. The number of benzene rings is 1. The summed E-state index contributed by atoms with van der Waals surface area (Å²) < 4.78 is 0. The first-order chi connectivity index (χ1) is 9.00. The summed E-state index contributed by atoms with van der Waals surface area (Å²) in [6.07, 6.45) is 0. The van der Waals surface area contributed by atoms with Crippen molar-refractivity contribution in [2.45, 2.75) is 13.8 Å². The minimum absolute atomic E-state index is 0.196. The number of hydrazone groups is 1. The molecule has 1 aromatic rings. The zero-order valence-corrected chi connectivity index (χ0v) is 10.8. The van der Waals surface area contributed by atoms with Crippen LogP contribution in [0.2, 0.25) is 0 Å². The average Bonchev–Trinajstić information content (AvgIpc) is 2.65. The molecular formula is C13H15N3O3. The van der Waals surface area contributed by atoms with E-state index >= 15 is 0 Å². The van der Waals surface area contributed by atoms with Gasteiger partial charge in [-0.2, -0.15) is 5.10 Å². The SMILES string of the molecule is CC1=NN(c2ccccc2)C(=O)[C@H]1[C@H](C)C[N+](=O)[O-]. The first-order valence-corrected chi connectivity index (χ1v) is 6.06. The van der Waals surface area contributed by atoms with Gasteiger partial charge >= 0.3 is 0 Å². The fourth-order valence-electron chi connectivity index (χ4n) is 2.33. The van der Waals surface area contributed by atoms with Crippen LogP contribution in [0.4, 0.5) is 5.69 Å². The molecule has 0 bridgehead atoms. The number of carbonyl (C=O) groups is 1. The Morgan fingerprint density at radius 2 is 2.05 bits per heavy atom. The predicted molar refractivity (Wildman–Crippen MR) is 71.6 cm³/mol. The van der Waals surface area contributed by atoms with E-state index in [1.54, 1.807) is 26.0 Å². The van der Waals surface area contributed by atoms with Crippen LogP contribution in [0.1, 0.15) is 13.8 Å². The van der Waals surface area contributed by atoms with E-state index in [2.05, 4.69) is 5.10 Å². The molecule has 1 aromatic carbocycles. The number of nitrogens with zero attached hydrogens (tertiary/aromatic N) is 3. The summed E-state index contributed by atoms with van der Waals surface area (Å²) in [6.45, 7) is 3.22. The van der Waals surface area contributed by atoms with Crippen molar-refractivity contribution in [3.8, 4) is 0 Å². The molecule has 2 atom stereocenters. The maximum Gasteiger partial charge on any atom is 0.256 e. The van der Waals surface area contributed by atoms with Crippen molar-refractivity contribution in [3.05, 3.63) is 40.4 Å². The van der Waals surface area contributed by atoms with Crippen LogP contribution in [0, 0.1) is 22.0 Å². The summed E-state index contributed by atoms with van der Waals surface area (Å²) in [5.41, 5.74) is 1.31. The van der Waals surface area contributed by atoms with E-state index in [1.165, 1.54) is 5.01 Å². The lowest BCUT2D eigenvalue weighted by Gasteiger charge is -2.16. The van der Waals surface area contributed by atoms with Crippen molar-refractivity contribution < 1.29 is 9.72 Å². The van der Waals surface area contributed by atoms with Crippen molar-refractivity contribution in [2.75, 3.05) is 11.6 Å². The molecule has 0 spiro atoms. The van der Waals surface area contributed by atoms with Crippen molar-refractivity contribution in [1.29, 1.82) is 0 Å². The Bertz CT molecular complexity index is 527. The zero-order valence-electron chi connectivity index (χ0n) is 10.8. The van der Waals surface area contributed by atoms with E-state index in [1.807, 2.05) is 18.2 Å². The summed E-state index contributed by atoms with van der Waals surface area (Å²) >= 11 is 0. The summed E-state index contributed by atoms with van der Waals surface area (Å²) in [7, 11) is 0. The van der Waals surface area contributed by atoms with Gasteiger partial charge in [0.1, 0.15) is 0 Å². The molecule has 0 saturated heterocycles. The molecule has 0 aromatic heterocycles. The van der Waals surface area contributed by atoms with Crippen LogP contribution in [0.5, 0.6) is 0 Å². The molecule has 1 heterocycles. The maximum absolute atomic E-state index is 12.3. The van der Waals surface area contributed by atoms with E-state index in [0.717, 1.165) is 0 Å². The van der Waals surface area contributed by atoms with Gasteiger partial charge in [0.15, 0.2) is 0 Å². The number of hydrogen-bond donors (Lipinski definition) is 0. The molecule has 0 radical (unpaired) electrons. The molecule has 1 aliphatic heterocycles. The summed E-state index contributed by atoms with van der Waals surface area (Å²) in [5, 5.41) is 16.1. The van der Waals surface area contributed by atoms with Crippen molar-refractivity contribution >= 4 is 17.3 Å². The molecule has 1 aliphatic rings. The molecule has 6 heteroatoms. The van der Waals surface area contributed by atoms with Gasteiger partial charge in [-0.3, -0.25) is 14.9 Å². The topological polar surface area (TPSA) is 75.8 Å². The smallest absolute Gasteiger partial charge is 0.256 e. The molecular weight excluding hydrogens is 246 g/mol. The van der Waals surface area contributed by atoms with Crippen LogP contribution in [0.15, 0.2) is 35.4 Å². The highest BCUT2D eigenvalue weighted by Crippen LogP contribution is 2.28. The minimum Gasteiger partial charge on any atom is -0.272 e. The molecule has 100 valence electrons. The minimum atomic E-state index is -0.509. The predicted octanol–water partition coefficient (Wildman–Crippen LogP) is 1.94. The molecule has 19 heavy (non-hydrogen) atoms. The average molecular weight is 261 g/mol. The standard InChI is InChI=1S/C13H15N3O3/c1-9(8-15(18)19)12-10(2)14-16(13(12)17)11-6-4-3-5-7-11/h3-7,9,12H,8H2,1-2H3/t9-,12+/m1/s1. The largest absolute Gasteiger partial charge is 0.272 e. The highest BCUT2D eigenvalue weighted by atomic mass is 16.6. The van der Waals surface area contributed by atoms with Gasteiger partial charge in [-0.15, -0.1) is 0 Å². The van der Waals surface area contributed by atoms with E-state index in [-0.39, 0.29) is 18.4 Å². The lowest BCUT2D eigenvalue weighted by atomic mass is 9.90. The van der Waals surface area contributed by atoms with Crippen LogP contribution in [-0.2, 0) is 4.79 Å². The second-order valence-corrected chi connectivity index (χ2v) is 4.70. The Morgan fingerprint density at radius 3 is 2.63 bits per heavy atom. The van der Waals surface area contributed by atoms with E-state index in [0.29, 0.717) is 11.4 Å². The molecule has 6 nitrogen and oxygen atoms in total. The second-order valence-electron chi connectivity index (χ2n) is 4.70. The van der Waals surface area contributed by atoms with Crippen molar-refractivity contribution in [3.63, 3.8) is 0 Å². The third kappa shape index (κ3) is 2.62. The second kappa shape index (κ2) is 5.17. The quantitative estimate of drug-likeness (QED) is 0.614. The lowest BCUT2D eigenvalue weighted by molar-refractivity contribution is -0.488. The normalized spacial score (nSPS) is 20.3. The van der Waals surface area contributed by atoms with Gasteiger partial charge in [0.05, 0.1) is 11.6 Å². The fourth-order valence-corrected chi connectivity index (χ4v) is 2.33. The number of para-hydroxylation sites is 1. The number of carbonyl (C=O) groups excluding carboxylic acids is 1. The Labute approximate surface area is 110 Å². The van der Waals surface area contributed by atoms with Gasteiger partial charge in [0, 0.05) is 16.6 Å². The third-order valence-electron chi connectivity index (χ3n) is 3.19. The highest BCUT2D eigenvalue weighted by molar-refractivity contribution is 6.14. The van der Waals surface area contributed by atoms with Crippen LogP contribution < -0.4 is 5.01 Å². The first-order valence-electron chi connectivity index (χ1n) is 6.06. The van der Waals surface area contributed by atoms with E-state index in [9.17, 15) is 14.9 Å². The lowest BCUT2D eigenvalue weighted by Crippen LogP contribution is -2.34. The van der Waals surface area contributed by atoms with Crippen LogP contribution in [-0.4, -0.2) is 23.1 Å². The zero-order chi connectivity index (χ0) is 14.0. The first kappa shape index (κ1) is 13.2. The van der Waals surface area contributed by atoms with Gasteiger partial charge in [0.2, 0.25) is 6.54 Å². The van der Waals surface area contributed by atoms with Crippen LogP contribution in [0.3, 0.4) is 0 Å². The molecule has 0 fully saturated rings. The van der Waals surface area contributed by atoms with Gasteiger partial charge in [-0.05, 0) is 19.1 Å². The summed E-state index contributed by atoms with van der Waals surface area (Å²) in [6, 6.07) is 9.07. The Balaban J connectivity index is 2.21. The molecule has 0 unspecified atom stereocenters. The van der Waals surface area contributed by atoms with E-state index in [4.69, 9.17) is 0 Å². The summed E-state index contributed by atoms with van der Waals surface area (Å²) in [5.74, 6) is -1.07. The van der Waals surface area contributed by atoms with E-state index < -0.39 is 10.8 Å². The summed E-state index contributed by atoms with van der Waals surface area (Å²) in [4.78, 5) is 22.5. The number of hydrogen-bond acceptors (Lipinski definition) is 4. The maximum atomic E-state index is 12.3. The van der Waals surface area contributed by atoms with Crippen LogP contribution in [0.25, 0.3) is 0 Å². The molecule has 2 rings (SSSR count). The Morgan fingerprint density at radius 1 is 1.42 bits per heavy atom. The van der Waals surface area contributed by atoms with Gasteiger partial charge in [-0.25, -0.2) is 5.01 Å². The number of amides is 1. The number of rotatable bonds is 4. The Hall–Kier alpha value is -2.24. The fraction of sp³-hybridized carbons (Fsp3) is 0.385. The third-order valence-corrected chi connectivity index (χ3v) is 3.19. The van der Waals surface area contributed by atoms with Gasteiger partial charge in [0.25, 0.3) is 5.91 Å². The number of anilines is 1. The van der Waals surface area contributed by atoms with Crippen molar-refractivity contribution in [1.82, 2.24) is 0 Å². The molecule has 0 aliphatic carbocycles. The molecule has 1 amide bonds. The van der Waals surface area contributed by atoms with Gasteiger partial charge in [-0.1, -0.05) is 25.1 Å². The van der Waals surface area contributed by atoms with Gasteiger partial charge < -0.3 is 0 Å². The molecule has 0 N–H and O–H groups in total. The highest BCUT2D eigenvalue weighted by Gasteiger charge is 2.39. The Kier molecular flexibility index (Phi) is 3.59. The number of nitro groups is 1. The van der Waals surface area contributed by atoms with Crippen molar-refractivity contribution in [2.24, 2.45) is 16.9 Å². The monoisotopic (exact) mass is 261 g/mol.